The van der Waals surface area contributed by atoms with Crippen LogP contribution in [0.1, 0.15) is 11.8 Å². The van der Waals surface area contributed by atoms with Crippen LogP contribution in [0.5, 0.6) is 5.75 Å². The lowest BCUT2D eigenvalue weighted by Crippen LogP contribution is -2.12. The molecule has 5 nitrogen and oxygen atoms in total. The SMILES string of the molecule is COc1ccnc(C2CNC(=O)O2)c1. The fraction of sp³-hybridized carbons (Fsp3) is 0.333. The average molecular weight is 194 g/mol. The van der Waals surface area contributed by atoms with E-state index in [0.29, 0.717) is 18.0 Å². The molecular formula is C9H10N2O3. The highest BCUT2D eigenvalue weighted by molar-refractivity contribution is 5.69. The second-order valence-corrected chi connectivity index (χ2v) is 2.90. The van der Waals surface area contributed by atoms with Gasteiger partial charge >= 0.3 is 6.09 Å². The Hall–Kier alpha value is -1.78. The maximum atomic E-state index is 10.8. The monoisotopic (exact) mass is 194 g/mol. The number of methoxy groups -OCH3 is 1. The Balaban J connectivity index is 2.19. The van der Waals surface area contributed by atoms with Gasteiger partial charge in [0.1, 0.15) is 5.75 Å². The van der Waals surface area contributed by atoms with Crippen LogP contribution in [0.25, 0.3) is 0 Å². The molecule has 1 aliphatic heterocycles. The molecule has 2 heterocycles. The second-order valence-electron chi connectivity index (χ2n) is 2.90. The largest absolute Gasteiger partial charge is 0.497 e. The van der Waals surface area contributed by atoms with Crippen LogP contribution in [-0.2, 0) is 4.74 Å². The molecule has 1 unspecified atom stereocenters. The van der Waals surface area contributed by atoms with Crippen molar-refractivity contribution in [2.75, 3.05) is 13.7 Å². The van der Waals surface area contributed by atoms with Gasteiger partial charge in [-0.25, -0.2) is 4.79 Å². The molecule has 2 rings (SSSR count). The number of pyridine rings is 1. The van der Waals surface area contributed by atoms with Gasteiger partial charge in [-0.15, -0.1) is 0 Å². The number of aromatic nitrogens is 1. The molecule has 0 aliphatic carbocycles. The second kappa shape index (κ2) is 3.53. The molecule has 1 fully saturated rings. The summed E-state index contributed by atoms with van der Waals surface area (Å²) in [5, 5.41) is 2.56. The fourth-order valence-electron chi connectivity index (χ4n) is 1.28. The number of alkyl carbamates (subject to hydrolysis) is 1. The Morgan fingerprint density at radius 2 is 2.57 bits per heavy atom. The Kier molecular flexibility index (Phi) is 2.22. The zero-order valence-corrected chi connectivity index (χ0v) is 7.69. The molecule has 1 saturated heterocycles. The molecule has 1 aromatic rings. The van der Waals surface area contributed by atoms with Crippen LogP contribution in [0.15, 0.2) is 18.3 Å². The van der Waals surface area contributed by atoms with Crippen molar-refractivity contribution in [3.63, 3.8) is 0 Å². The van der Waals surface area contributed by atoms with Crippen LogP contribution in [0.4, 0.5) is 4.79 Å². The summed E-state index contributed by atoms with van der Waals surface area (Å²) < 4.78 is 10.0. The highest BCUT2D eigenvalue weighted by Gasteiger charge is 2.25. The van der Waals surface area contributed by atoms with E-state index in [1.165, 1.54) is 0 Å². The number of cyclic esters (lactones) is 1. The van der Waals surface area contributed by atoms with Crippen molar-refractivity contribution < 1.29 is 14.3 Å². The van der Waals surface area contributed by atoms with Gasteiger partial charge in [0, 0.05) is 12.3 Å². The van der Waals surface area contributed by atoms with Crippen LogP contribution >= 0.6 is 0 Å². The van der Waals surface area contributed by atoms with E-state index in [9.17, 15) is 4.79 Å². The Bertz CT molecular complexity index is 354. The lowest BCUT2D eigenvalue weighted by molar-refractivity contribution is 0.139. The number of amides is 1. The minimum absolute atomic E-state index is 0.308. The number of ether oxygens (including phenoxy) is 2. The minimum atomic E-state index is -0.403. The summed E-state index contributed by atoms with van der Waals surface area (Å²) in [6, 6.07) is 3.50. The Morgan fingerprint density at radius 1 is 1.71 bits per heavy atom. The third kappa shape index (κ3) is 1.61. The van der Waals surface area contributed by atoms with Gasteiger partial charge in [-0.05, 0) is 6.07 Å². The third-order valence-electron chi connectivity index (χ3n) is 2.00. The predicted octanol–water partition coefficient (Wildman–Crippen LogP) is 0.871. The van der Waals surface area contributed by atoms with E-state index in [4.69, 9.17) is 9.47 Å². The molecule has 14 heavy (non-hydrogen) atoms. The molecule has 0 saturated carbocycles. The van der Waals surface area contributed by atoms with Crippen molar-refractivity contribution in [1.29, 1.82) is 0 Å². The normalized spacial score (nSPS) is 20.1. The van der Waals surface area contributed by atoms with E-state index in [0.717, 1.165) is 0 Å². The van der Waals surface area contributed by atoms with Crippen LogP contribution in [0.3, 0.4) is 0 Å². The number of carbonyl (C=O) groups is 1. The standard InChI is InChI=1S/C9H10N2O3/c1-13-6-2-3-10-7(4-6)8-5-11-9(12)14-8/h2-4,8H,5H2,1H3,(H,11,12). The molecule has 0 bridgehead atoms. The van der Waals surface area contributed by atoms with Crippen molar-refractivity contribution in [2.45, 2.75) is 6.10 Å². The number of rotatable bonds is 2. The number of nitrogens with one attached hydrogen (secondary N) is 1. The van der Waals surface area contributed by atoms with E-state index < -0.39 is 6.09 Å². The average Bonchev–Trinajstić information content (AvgIpc) is 2.65. The summed E-state index contributed by atoms with van der Waals surface area (Å²) in [7, 11) is 1.58. The Labute approximate surface area is 81.0 Å². The van der Waals surface area contributed by atoms with Crippen LogP contribution < -0.4 is 10.1 Å². The molecule has 5 heteroatoms. The number of nitrogens with zero attached hydrogens (tertiary/aromatic N) is 1. The highest BCUT2D eigenvalue weighted by atomic mass is 16.6. The predicted molar refractivity (Wildman–Crippen MR) is 48.0 cm³/mol. The molecule has 0 aromatic carbocycles. The van der Waals surface area contributed by atoms with E-state index in [-0.39, 0.29) is 6.10 Å². The van der Waals surface area contributed by atoms with E-state index >= 15 is 0 Å². The minimum Gasteiger partial charge on any atom is -0.497 e. The summed E-state index contributed by atoms with van der Waals surface area (Å²) >= 11 is 0. The fourth-order valence-corrected chi connectivity index (χ4v) is 1.28. The molecule has 1 N–H and O–H groups in total. The maximum absolute atomic E-state index is 10.8. The molecule has 74 valence electrons. The van der Waals surface area contributed by atoms with Crippen LogP contribution in [0.2, 0.25) is 0 Å². The van der Waals surface area contributed by atoms with Gasteiger partial charge in [0.2, 0.25) is 0 Å². The Morgan fingerprint density at radius 3 is 3.21 bits per heavy atom. The molecule has 1 aliphatic rings. The van der Waals surface area contributed by atoms with Crippen molar-refractivity contribution in [2.24, 2.45) is 0 Å². The molecule has 1 aromatic heterocycles. The first-order valence-electron chi connectivity index (χ1n) is 4.24. The summed E-state index contributed by atoms with van der Waals surface area (Å²) in [5.74, 6) is 0.706. The topological polar surface area (TPSA) is 60.5 Å². The summed E-state index contributed by atoms with van der Waals surface area (Å²) in [6.45, 7) is 0.457. The summed E-state index contributed by atoms with van der Waals surface area (Å²) in [6.07, 6.45) is 0.914. The van der Waals surface area contributed by atoms with Crippen LogP contribution in [-0.4, -0.2) is 24.7 Å². The quantitative estimate of drug-likeness (QED) is 0.758. The highest BCUT2D eigenvalue weighted by Crippen LogP contribution is 2.21. The van der Waals surface area contributed by atoms with E-state index in [2.05, 4.69) is 10.3 Å². The molecular weight excluding hydrogens is 184 g/mol. The van der Waals surface area contributed by atoms with Gasteiger partial charge < -0.3 is 14.8 Å². The van der Waals surface area contributed by atoms with Gasteiger partial charge in [0.25, 0.3) is 0 Å². The first-order chi connectivity index (χ1) is 6.79. The zero-order valence-electron chi connectivity index (χ0n) is 7.69. The van der Waals surface area contributed by atoms with E-state index in [1.807, 2.05) is 0 Å². The first-order valence-corrected chi connectivity index (χ1v) is 4.24. The van der Waals surface area contributed by atoms with Gasteiger partial charge in [0.05, 0.1) is 19.3 Å². The van der Waals surface area contributed by atoms with Crippen molar-refractivity contribution >= 4 is 6.09 Å². The molecule has 0 spiro atoms. The van der Waals surface area contributed by atoms with Crippen molar-refractivity contribution in [1.82, 2.24) is 10.3 Å². The summed E-state index contributed by atoms with van der Waals surface area (Å²) in [4.78, 5) is 14.9. The van der Waals surface area contributed by atoms with Crippen molar-refractivity contribution in [3.05, 3.63) is 24.0 Å². The first kappa shape index (κ1) is 8.80. The van der Waals surface area contributed by atoms with Crippen LogP contribution in [0, 0.1) is 0 Å². The smallest absolute Gasteiger partial charge is 0.408 e. The van der Waals surface area contributed by atoms with Gasteiger partial charge in [-0.1, -0.05) is 0 Å². The van der Waals surface area contributed by atoms with E-state index in [1.54, 1.807) is 25.4 Å². The van der Waals surface area contributed by atoms with Gasteiger partial charge in [-0.2, -0.15) is 0 Å². The summed E-state index contributed by atoms with van der Waals surface area (Å²) in [5.41, 5.74) is 0.697. The van der Waals surface area contributed by atoms with Gasteiger partial charge in [-0.3, -0.25) is 4.98 Å². The van der Waals surface area contributed by atoms with Gasteiger partial charge in [0.15, 0.2) is 6.10 Å². The lowest BCUT2D eigenvalue weighted by atomic mass is 10.2. The third-order valence-corrected chi connectivity index (χ3v) is 2.00. The number of hydrogen-bond donors (Lipinski definition) is 1. The van der Waals surface area contributed by atoms with Crippen molar-refractivity contribution in [3.8, 4) is 5.75 Å². The lowest BCUT2D eigenvalue weighted by Gasteiger charge is -2.07. The maximum Gasteiger partial charge on any atom is 0.408 e. The number of carbonyl (C=O) groups excluding carboxylic acids is 1. The zero-order chi connectivity index (χ0) is 9.97. The molecule has 0 radical (unpaired) electrons. The molecule has 1 amide bonds. The molecule has 1 atom stereocenters. The number of hydrogen-bond acceptors (Lipinski definition) is 4.